The molecule has 34 heavy (non-hydrogen) atoms. The number of carboxylic acids is 1. The number of unbranched alkanes of at least 4 members (excludes halogenated alkanes) is 1. The first-order chi connectivity index (χ1) is 16.6. The van der Waals surface area contributed by atoms with Crippen LogP contribution in [0, 0.1) is 6.92 Å². The van der Waals surface area contributed by atoms with Crippen LogP contribution in [0.15, 0.2) is 48.5 Å². The Labute approximate surface area is 200 Å². The molecule has 0 amide bonds. The minimum Gasteiger partial charge on any atom is -0.494 e. The zero-order valence-electron chi connectivity index (χ0n) is 19.8. The minimum atomic E-state index is -1.00. The van der Waals surface area contributed by atoms with Crippen LogP contribution in [0.2, 0.25) is 0 Å². The summed E-state index contributed by atoms with van der Waals surface area (Å²) < 4.78 is 11.3. The lowest BCUT2D eigenvalue weighted by atomic mass is 9.99. The highest BCUT2D eigenvalue weighted by atomic mass is 16.5. The molecule has 0 unspecified atom stereocenters. The van der Waals surface area contributed by atoms with E-state index in [2.05, 4.69) is 51.5 Å². The summed E-state index contributed by atoms with van der Waals surface area (Å²) in [7, 11) is 0. The molecule has 1 aliphatic rings. The average molecular weight is 464 g/mol. The number of H-pyrrole nitrogens is 1. The topological polar surface area (TPSA) is 87.7 Å². The van der Waals surface area contributed by atoms with Gasteiger partial charge in [0.2, 0.25) is 0 Å². The van der Waals surface area contributed by atoms with E-state index in [0.29, 0.717) is 6.42 Å². The predicted octanol–water partition coefficient (Wildman–Crippen LogP) is 4.09. The molecule has 0 atom stereocenters. The van der Waals surface area contributed by atoms with Crippen molar-refractivity contribution in [2.75, 3.05) is 39.5 Å². The van der Waals surface area contributed by atoms with E-state index in [-0.39, 0.29) is 5.69 Å². The van der Waals surface area contributed by atoms with Gasteiger partial charge in [-0.3, -0.25) is 10.00 Å². The summed E-state index contributed by atoms with van der Waals surface area (Å²) in [5.74, 6) is -0.0911. The number of rotatable bonds is 11. The van der Waals surface area contributed by atoms with E-state index >= 15 is 0 Å². The van der Waals surface area contributed by atoms with Gasteiger partial charge in [0.05, 0.1) is 19.8 Å². The van der Waals surface area contributed by atoms with Crippen LogP contribution in [0.5, 0.6) is 5.75 Å². The summed E-state index contributed by atoms with van der Waals surface area (Å²) in [6.45, 7) is 7.50. The summed E-state index contributed by atoms with van der Waals surface area (Å²) in [6, 6.07) is 16.6. The van der Waals surface area contributed by atoms with Gasteiger partial charge in [-0.25, -0.2) is 4.79 Å². The first-order valence-corrected chi connectivity index (χ1v) is 12.0. The fourth-order valence-electron chi connectivity index (χ4n) is 4.22. The zero-order chi connectivity index (χ0) is 23.8. The third-order valence-corrected chi connectivity index (χ3v) is 6.25. The maximum Gasteiger partial charge on any atom is 0.356 e. The van der Waals surface area contributed by atoms with Gasteiger partial charge >= 0.3 is 5.97 Å². The van der Waals surface area contributed by atoms with Gasteiger partial charge in [-0.05, 0) is 61.6 Å². The molecule has 4 rings (SSSR count). The monoisotopic (exact) mass is 463 g/mol. The third-order valence-electron chi connectivity index (χ3n) is 6.25. The standard InChI is InChI=1S/C27H33N3O4/c1-20-25(26(27(31)32)29-28-20)19-23-6-4-21(5-7-23)18-22-8-10-24(11-9-22)34-15-3-2-12-30-13-16-33-17-14-30/h4-11H,2-3,12-19H2,1H3,(H,28,29)(H,31,32). The lowest BCUT2D eigenvalue weighted by Crippen LogP contribution is -2.36. The predicted molar refractivity (Wildman–Crippen MR) is 131 cm³/mol. The lowest BCUT2D eigenvalue weighted by Gasteiger charge is -2.26. The van der Waals surface area contributed by atoms with Crippen LogP contribution in [0.1, 0.15) is 51.3 Å². The average Bonchev–Trinajstić information content (AvgIpc) is 3.22. The van der Waals surface area contributed by atoms with Gasteiger partial charge in [0, 0.05) is 30.8 Å². The fraction of sp³-hybridized carbons (Fsp3) is 0.407. The largest absolute Gasteiger partial charge is 0.494 e. The molecule has 2 heterocycles. The Morgan fingerprint density at radius 3 is 2.26 bits per heavy atom. The van der Waals surface area contributed by atoms with Crippen molar-refractivity contribution in [2.24, 2.45) is 0 Å². The van der Waals surface area contributed by atoms with E-state index in [4.69, 9.17) is 9.47 Å². The van der Waals surface area contributed by atoms with E-state index in [9.17, 15) is 9.90 Å². The van der Waals surface area contributed by atoms with Crippen LogP contribution in [0.4, 0.5) is 0 Å². The van der Waals surface area contributed by atoms with Gasteiger partial charge in [0.1, 0.15) is 5.75 Å². The highest BCUT2D eigenvalue weighted by Crippen LogP contribution is 2.19. The second kappa shape index (κ2) is 11.8. The summed E-state index contributed by atoms with van der Waals surface area (Å²) in [5, 5.41) is 16.0. The Kier molecular flexibility index (Phi) is 8.33. The van der Waals surface area contributed by atoms with Crippen molar-refractivity contribution in [1.29, 1.82) is 0 Å². The van der Waals surface area contributed by atoms with Crippen molar-refractivity contribution < 1.29 is 19.4 Å². The number of carbonyl (C=O) groups is 1. The second-order valence-electron chi connectivity index (χ2n) is 8.80. The minimum absolute atomic E-state index is 0.0981. The quantitative estimate of drug-likeness (QED) is 0.417. The number of carboxylic acid groups (broad SMARTS) is 1. The number of nitrogens with one attached hydrogen (secondary N) is 1. The first kappa shape index (κ1) is 24.0. The lowest BCUT2D eigenvalue weighted by molar-refractivity contribution is 0.0368. The number of aromatic carboxylic acids is 1. The summed E-state index contributed by atoms with van der Waals surface area (Å²) in [5.41, 5.74) is 5.13. The van der Waals surface area contributed by atoms with Crippen molar-refractivity contribution in [3.8, 4) is 5.75 Å². The van der Waals surface area contributed by atoms with Gasteiger partial charge in [-0.15, -0.1) is 0 Å². The number of aryl methyl sites for hydroxylation is 1. The smallest absolute Gasteiger partial charge is 0.356 e. The summed E-state index contributed by atoms with van der Waals surface area (Å²) in [6.07, 6.45) is 3.58. The molecule has 0 spiro atoms. The molecule has 0 aliphatic carbocycles. The highest BCUT2D eigenvalue weighted by Gasteiger charge is 2.16. The van der Waals surface area contributed by atoms with Crippen LogP contribution in [0.25, 0.3) is 0 Å². The molecular formula is C27H33N3O4. The Hall–Kier alpha value is -3.16. The zero-order valence-corrected chi connectivity index (χ0v) is 19.8. The van der Waals surface area contributed by atoms with E-state index in [0.717, 1.165) is 81.3 Å². The van der Waals surface area contributed by atoms with E-state index in [1.165, 1.54) is 11.1 Å². The molecule has 7 heteroatoms. The highest BCUT2D eigenvalue weighted by molar-refractivity contribution is 5.87. The van der Waals surface area contributed by atoms with E-state index in [1.54, 1.807) is 0 Å². The molecule has 7 nitrogen and oxygen atoms in total. The number of ether oxygens (including phenoxy) is 2. The normalized spacial score (nSPS) is 14.3. The molecule has 180 valence electrons. The van der Waals surface area contributed by atoms with Crippen LogP contribution in [0.3, 0.4) is 0 Å². The Balaban J connectivity index is 1.22. The Morgan fingerprint density at radius 1 is 1.00 bits per heavy atom. The van der Waals surface area contributed by atoms with Crippen LogP contribution >= 0.6 is 0 Å². The van der Waals surface area contributed by atoms with Crippen molar-refractivity contribution in [3.63, 3.8) is 0 Å². The maximum atomic E-state index is 11.4. The van der Waals surface area contributed by atoms with Crippen molar-refractivity contribution >= 4 is 5.97 Å². The van der Waals surface area contributed by atoms with Gasteiger partial charge in [0.25, 0.3) is 0 Å². The Morgan fingerprint density at radius 2 is 1.62 bits per heavy atom. The number of benzene rings is 2. The van der Waals surface area contributed by atoms with Gasteiger partial charge in [-0.1, -0.05) is 36.4 Å². The SMILES string of the molecule is Cc1[nH]nc(C(=O)O)c1Cc1ccc(Cc2ccc(OCCCCN3CCOCC3)cc2)cc1. The molecule has 3 aromatic rings. The molecule has 1 saturated heterocycles. The van der Waals surface area contributed by atoms with E-state index in [1.807, 2.05) is 19.1 Å². The van der Waals surface area contributed by atoms with Crippen molar-refractivity contribution in [2.45, 2.75) is 32.6 Å². The Bertz CT molecular complexity index is 1050. The molecule has 2 aromatic carbocycles. The number of nitrogens with zero attached hydrogens (tertiary/aromatic N) is 2. The molecule has 1 aliphatic heterocycles. The molecule has 0 bridgehead atoms. The maximum absolute atomic E-state index is 11.4. The molecular weight excluding hydrogens is 430 g/mol. The van der Waals surface area contributed by atoms with Crippen LogP contribution in [-0.2, 0) is 17.6 Å². The third kappa shape index (κ3) is 6.68. The van der Waals surface area contributed by atoms with Gasteiger partial charge in [-0.2, -0.15) is 5.10 Å². The van der Waals surface area contributed by atoms with Crippen LogP contribution in [-0.4, -0.2) is 65.6 Å². The summed E-state index contributed by atoms with van der Waals surface area (Å²) in [4.78, 5) is 13.8. The number of aromatic amines is 1. The first-order valence-electron chi connectivity index (χ1n) is 12.0. The number of morpholine rings is 1. The van der Waals surface area contributed by atoms with Crippen molar-refractivity contribution in [3.05, 3.63) is 82.2 Å². The number of aromatic nitrogens is 2. The molecule has 1 fully saturated rings. The number of hydrogen-bond acceptors (Lipinski definition) is 5. The number of hydrogen-bond donors (Lipinski definition) is 2. The molecule has 1 aromatic heterocycles. The fourth-order valence-corrected chi connectivity index (χ4v) is 4.22. The van der Waals surface area contributed by atoms with Gasteiger partial charge in [0.15, 0.2) is 5.69 Å². The molecule has 0 saturated carbocycles. The van der Waals surface area contributed by atoms with Crippen molar-refractivity contribution in [1.82, 2.24) is 15.1 Å². The summed E-state index contributed by atoms with van der Waals surface area (Å²) >= 11 is 0. The van der Waals surface area contributed by atoms with Gasteiger partial charge < -0.3 is 14.6 Å². The molecule has 0 radical (unpaired) electrons. The molecule has 2 N–H and O–H groups in total. The van der Waals surface area contributed by atoms with E-state index < -0.39 is 5.97 Å². The second-order valence-corrected chi connectivity index (χ2v) is 8.80. The van der Waals surface area contributed by atoms with Crippen LogP contribution < -0.4 is 4.74 Å².